The van der Waals surface area contributed by atoms with Crippen molar-refractivity contribution < 1.29 is 24.3 Å². The van der Waals surface area contributed by atoms with E-state index in [1.165, 1.54) is 0 Å². The average Bonchev–Trinajstić information content (AvgIpc) is 3.36. The number of aliphatic carboxylic acids is 1. The molecule has 44 heavy (non-hydrogen) atoms. The molecule has 2 rings (SSSR count). The summed E-state index contributed by atoms with van der Waals surface area (Å²) in [6.07, 6.45) is 2.92. The van der Waals surface area contributed by atoms with E-state index in [0.717, 1.165) is 16.5 Å². The number of carboxylic acids is 1. The van der Waals surface area contributed by atoms with Gasteiger partial charge in [0.25, 0.3) is 0 Å². The number of hydrogen-bond donors (Lipinski definition) is 10. The molecule has 0 radical (unpaired) electrons. The molecule has 0 aliphatic rings. The van der Waals surface area contributed by atoms with E-state index in [1.807, 2.05) is 24.3 Å². The zero-order chi connectivity index (χ0) is 32.8. The van der Waals surface area contributed by atoms with Crippen molar-refractivity contribution in [1.82, 2.24) is 20.9 Å². The number of para-hydroxylation sites is 1. The van der Waals surface area contributed by atoms with Crippen LogP contribution in [-0.4, -0.2) is 83.0 Å². The SMILES string of the molecule is CC(C)C(NC(=O)C(Cc1c[nH]c2ccccc12)NC(=O)C(N)CCCN=C(N)N)C(=O)NC(CCCN=C(N)N)C(=O)O. The van der Waals surface area contributed by atoms with Crippen LogP contribution in [0.25, 0.3) is 10.9 Å². The first-order valence-corrected chi connectivity index (χ1v) is 14.3. The van der Waals surface area contributed by atoms with Crippen LogP contribution in [0.2, 0.25) is 0 Å². The van der Waals surface area contributed by atoms with Crippen molar-refractivity contribution in [2.45, 2.75) is 70.1 Å². The van der Waals surface area contributed by atoms with Gasteiger partial charge in [-0.25, -0.2) is 4.79 Å². The first-order chi connectivity index (χ1) is 20.8. The highest BCUT2D eigenvalue weighted by Crippen LogP contribution is 2.19. The molecule has 3 amide bonds. The number of carbonyl (C=O) groups excluding carboxylic acids is 3. The molecule has 0 aliphatic carbocycles. The molecular weight excluding hydrogens is 570 g/mol. The number of hydrogen-bond acceptors (Lipinski definition) is 7. The molecule has 0 fully saturated rings. The molecule has 0 spiro atoms. The van der Waals surface area contributed by atoms with Crippen molar-refractivity contribution in [1.29, 1.82) is 0 Å². The van der Waals surface area contributed by atoms with Gasteiger partial charge in [-0.3, -0.25) is 24.4 Å². The zero-order valence-corrected chi connectivity index (χ0v) is 25.1. The van der Waals surface area contributed by atoms with E-state index in [1.54, 1.807) is 20.0 Å². The average molecular weight is 616 g/mol. The molecular formula is C28H45N11O5. The van der Waals surface area contributed by atoms with E-state index >= 15 is 0 Å². The first-order valence-electron chi connectivity index (χ1n) is 14.3. The lowest BCUT2D eigenvalue weighted by Crippen LogP contribution is -2.58. The number of carbonyl (C=O) groups is 4. The molecule has 1 aromatic carbocycles. The number of rotatable bonds is 18. The third-order valence-corrected chi connectivity index (χ3v) is 6.84. The number of amides is 3. The predicted molar refractivity (Wildman–Crippen MR) is 168 cm³/mol. The Hall–Kier alpha value is -4.86. The summed E-state index contributed by atoms with van der Waals surface area (Å²) >= 11 is 0. The van der Waals surface area contributed by atoms with Gasteiger partial charge in [0, 0.05) is 36.6 Å². The normalized spacial score (nSPS) is 13.7. The smallest absolute Gasteiger partial charge is 0.326 e. The maximum atomic E-state index is 13.7. The number of aromatic nitrogens is 1. The highest BCUT2D eigenvalue weighted by molar-refractivity contribution is 5.95. The minimum Gasteiger partial charge on any atom is -0.480 e. The van der Waals surface area contributed by atoms with Crippen molar-refractivity contribution in [3.05, 3.63) is 36.0 Å². The number of guanidine groups is 2. The van der Waals surface area contributed by atoms with Crippen LogP contribution in [0.15, 0.2) is 40.4 Å². The number of nitrogens with one attached hydrogen (secondary N) is 4. The van der Waals surface area contributed by atoms with Crippen LogP contribution in [-0.2, 0) is 25.6 Å². The van der Waals surface area contributed by atoms with E-state index < -0.39 is 53.8 Å². The molecule has 16 heteroatoms. The summed E-state index contributed by atoms with van der Waals surface area (Å²) in [6.45, 7) is 3.90. The molecule has 0 saturated heterocycles. The third kappa shape index (κ3) is 11.4. The Kier molecular flexibility index (Phi) is 13.9. The number of nitrogens with two attached hydrogens (primary N) is 5. The molecule has 242 valence electrons. The lowest BCUT2D eigenvalue weighted by Gasteiger charge is -2.27. The van der Waals surface area contributed by atoms with Crippen molar-refractivity contribution in [3.63, 3.8) is 0 Å². The minimum atomic E-state index is -1.24. The Morgan fingerprint density at radius 2 is 1.43 bits per heavy atom. The van der Waals surface area contributed by atoms with Gasteiger partial charge < -0.3 is 54.7 Å². The Morgan fingerprint density at radius 3 is 2.02 bits per heavy atom. The van der Waals surface area contributed by atoms with E-state index in [-0.39, 0.29) is 37.7 Å². The number of nitrogens with zero attached hydrogens (tertiary/aromatic N) is 2. The summed E-state index contributed by atoms with van der Waals surface area (Å²) < 4.78 is 0. The van der Waals surface area contributed by atoms with Crippen LogP contribution in [0, 0.1) is 5.92 Å². The molecule has 2 aromatic rings. The van der Waals surface area contributed by atoms with E-state index in [4.69, 9.17) is 28.7 Å². The number of carboxylic acid groups (broad SMARTS) is 1. The van der Waals surface area contributed by atoms with Crippen LogP contribution >= 0.6 is 0 Å². The van der Waals surface area contributed by atoms with Gasteiger partial charge in [-0.2, -0.15) is 0 Å². The van der Waals surface area contributed by atoms with Gasteiger partial charge in [-0.15, -0.1) is 0 Å². The predicted octanol–water partition coefficient (Wildman–Crippen LogP) is -1.66. The van der Waals surface area contributed by atoms with Crippen molar-refractivity contribution in [2.24, 2.45) is 44.6 Å². The van der Waals surface area contributed by atoms with Crippen LogP contribution < -0.4 is 44.6 Å². The standard InChI is InChI=1S/C28H45N11O5/c1-15(2)22(25(42)37-20(26(43)44)10-6-12-35-28(32)33)39-24(41)21(13-16-14-36-19-9-4-3-7-17(16)19)38-23(40)18(29)8-5-11-34-27(30)31/h3-4,7,9,14-15,18,20-22,36H,5-6,8,10-13,29H2,1-2H3,(H,37,42)(H,38,40)(H,39,41)(H,43,44)(H4,30,31,34)(H4,32,33,35). The van der Waals surface area contributed by atoms with Gasteiger partial charge >= 0.3 is 5.97 Å². The molecule has 4 atom stereocenters. The van der Waals surface area contributed by atoms with Crippen LogP contribution in [0.3, 0.4) is 0 Å². The second-order valence-corrected chi connectivity index (χ2v) is 10.8. The molecule has 16 nitrogen and oxygen atoms in total. The Bertz CT molecular complexity index is 1330. The molecule has 0 aliphatic heterocycles. The number of benzene rings is 1. The Morgan fingerprint density at radius 1 is 0.841 bits per heavy atom. The van der Waals surface area contributed by atoms with Gasteiger partial charge in [-0.1, -0.05) is 32.0 Å². The van der Waals surface area contributed by atoms with Crippen LogP contribution in [0.4, 0.5) is 0 Å². The maximum Gasteiger partial charge on any atom is 0.326 e. The molecule has 15 N–H and O–H groups in total. The largest absolute Gasteiger partial charge is 0.480 e. The number of H-pyrrole nitrogens is 1. The Labute approximate surface area is 255 Å². The highest BCUT2D eigenvalue weighted by Gasteiger charge is 2.32. The fourth-order valence-electron chi connectivity index (χ4n) is 4.47. The third-order valence-electron chi connectivity index (χ3n) is 6.84. The molecule has 1 heterocycles. The summed E-state index contributed by atoms with van der Waals surface area (Å²) in [4.78, 5) is 62.6. The number of aliphatic imine (C=N–C) groups is 2. The lowest BCUT2D eigenvalue weighted by atomic mass is 9.99. The van der Waals surface area contributed by atoms with E-state index in [2.05, 4.69) is 30.9 Å². The monoisotopic (exact) mass is 615 g/mol. The molecule has 0 saturated carbocycles. The summed E-state index contributed by atoms with van der Waals surface area (Å²) in [5.74, 6) is -3.73. The fourth-order valence-corrected chi connectivity index (χ4v) is 4.47. The maximum absolute atomic E-state index is 13.7. The molecule has 1 aromatic heterocycles. The minimum absolute atomic E-state index is 0.0664. The van der Waals surface area contributed by atoms with E-state index in [9.17, 15) is 24.3 Å². The summed E-state index contributed by atoms with van der Waals surface area (Å²) in [6, 6.07) is 3.12. The van der Waals surface area contributed by atoms with Crippen molar-refractivity contribution in [3.8, 4) is 0 Å². The summed E-state index contributed by atoms with van der Waals surface area (Å²) in [7, 11) is 0. The van der Waals surface area contributed by atoms with Crippen LogP contribution in [0.1, 0.15) is 45.1 Å². The van der Waals surface area contributed by atoms with Gasteiger partial charge in [0.1, 0.15) is 18.1 Å². The van der Waals surface area contributed by atoms with Gasteiger partial charge in [0.05, 0.1) is 6.04 Å². The second-order valence-electron chi connectivity index (χ2n) is 10.8. The van der Waals surface area contributed by atoms with Gasteiger partial charge in [0.15, 0.2) is 11.9 Å². The summed E-state index contributed by atoms with van der Waals surface area (Å²) in [5.41, 5.74) is 29.0. The lowest BCUT2D eigenvalue weighted by molar-refractivity contribution is -0.142. The summed E-state index contributed by atoms with van der Waals surface area (Å²) in [5, 5.41) is 18.4. The molecule has 4 unspecified atom stereocenters. The van der Waals surface area contributed by atoms with Crippen molar-refractivity contribution in [2.75, 3.05) is 13.1 Å². The number of fused-ring (bicyclic) bond motifs is 1. The Balaban J connectivity index is 2.21. The first kappa shape index (κ1) is 35.3. The quantitative estimate of drug-likeness (QED) is 0.0517. The number of aromatic amines is 1. The van der Waals surface area contributed by atoms with Gasteiger partial charge in [-0.05, 0) is 43.2 Å². The zero-order valence-electron chi connectivity index (χ0n) is 25.1. The topological polar surface area (TPSA) is 295 Å². The van der Waals surface area contributed by atoms with E-state index in [0.29, 0.717) is 19.4 Å². The molecule has 0 bridgehead atoms. The second kappa shape index (κ2) is 17.3. The van der Waals surface area contributed by atoms with Gasteiger partial charge in [0.2, 0.25) is 17.7 Å². The highest BCUT2D eigenvalue weighted by atomic mass is 16.4. The van der Waals surface area contributed by atoms with Crippen molar-refractivity contribution >= 4 is 46.5 Å². The fraction of sp³-hybridized carbons (Fsp3) is 0.500. The van der Waals surface area contributed by atoms with Crippen LogP contribution in [0.5, 0.6) is 0 Å².